The van der Waals surface area contributed by atoms with Gasteiger partial charge >= 0.3 is 0 Å². The summed E-state index contributed by atoms with van der Waals surface area (Å²) in [6, 6.07) is 1.82. The highest BCUT2D eigenvalue weighted by Crippen LogP contribution is 2.25. The molecule has 3 heterocycles. The first-order chi connectivity index (χ1) is 11.4. The number of nitrogens with zero attached hydrogens (tertiary/aromatic N) is 3. The average Bonchev–Trinajstić information content (AvgIpc) is 3.24. The summed E-state index contributed by atoms with van der Waals surface area (Å²) in [5.41, 5.74) is 0.466. The highest BCUT2D eigenvalue weighted by Gasteiger charge is 2.32. The van der Waals surface area contributed by atoms with E-state index in [0.717, 1.165) is 45.1 Å². The summed E-state index contributed by atoms with van der Waals surface area (Å²) in [5, 5.41) is 0. The summed E-state index contributed by atoms with van der Waals surface area (Å²) in [4.78, 5) is 15.1. The lowest BCUT2D eigenvalue weighted by molar-refractivity contribution is 0.0598. The highest BCUT2D eigenvalue weighted by atomic mass is 32.2. The van der Waals surface area contributed by atoms with Crippen LogP contribution in [0.4, 0.5) is 0 Å². The Morgan fingerprint density at radius 1 is 1.17 bits per heavy atom. The van der Waals surface area contributed by atoms with E-state index in [1.165, 1.54) is 4.31 Å². The van der Waals surface area contributed by atoms with Crippen LogP contribution in [0.25, 0.3) is 0 Å². The first-order valence-electron chi connectivity index (χ1n) is 8.92. The molecule has 0 saturated carbocycles. The molecule has 0 aliphatic carbocycles. The van der Waals surface area contributed by atoms with Crippen LogP contribution in [0.15, 0.2) is 17.2 Å². The van der Waals surface area contributed by atoms with Crippen molar-refractivity contribution in [3.8, 4) is 0 Å². The Hall–Kier alpha value is -1.34. The second kappa shape index (κ2) is 6.88. The Morgan fingerprint density at radius 3 is 2.50 bits per heavy atom. The predicted octanol–water partition coefficient (Wildman–Crippen LogP) is 2.21. The largest absolute Gasteiger partial charge is 0.345 e. The van der Waals surface area contributed by atoms with Gasteiger partial charge in [0.15, 0.2) is 0 Å². The van der Waals surface area contributed by atoms with Crippen LogP contribution < -0.4 is 0 Å². The van der Waals surface area contributed by atoms with Gasteiger partial charge in [-0.3, -0.25) is 4.79 Å². The first-order valence-corrected chi connectivity index (χ1v) is 10.4. The molecule has 2 saturated heterocycles. The fourth-order valence-electron chi connectivity index (χ4n) is 3.80. The third-order valence-corrected chi connectivity index (χ3v) is 7.12. The van der Waals surface area contributed by atoms with Gasteiger partial charge in [-0.25, -0.2) is 8.42 Å². The molecule has 24 heavy (non-hydrogen) atoms. The standard InChI is InChI=1S/C17H27N3O3S/c1-3-14-8-4-5-11-20(14)17(21)16-12-15(13-18(16)2)24(22,23)19-9-6-7-10-19/h12-14H,3-11H2,1-2H3. The van der Waals surface area contributed by atoms with Crippen molar-refractivity contribution < 1.29 is 13.2 Å². The molecule has 7 heteroatoms. The number of sulfonamides is 1. The van der Waals surface area contributed by atoms with Crippen molar-refractivity contribution in [2.45, 2.75) is 56.4 Å². The van der Waals surface area contributed by atoms with E-state index in [4.69, 9.17) is 0 Å². The van der Waals surface area contributed by atoms with E-state index in [9.17, 15) is 13.2 Å². The van der Waals surface area contributed by atoms with Crippen molar-refractivity contribution in [1.29, 1.82) is 0 Å². The van der Waals surface area contributed by atoms with Crippen LogP contribution in [0, 0.1) is 0 Å². The van der Waals surface area contributed by atoms with E-state index in [-0.39, 0.29) is 16.8 Å². The highest BCUT2D eigenvalue weighted by molar-refractivity contribution is 7.89. The van der Waals surface area contributed by atoms with Gasteiger partial charge in [-0.2, -0.15) is 4.31 Å². The van der Waals surface area contributed by atoms with Gasteiger partial charge in [0.2, 0.25) is 10.0 Å². The lowest BCUT2D eigenvalue weighted by Gasteiger charge is -2.35. The van der Waals surface area contributed by atoms with E-state index in [1.54, 1.807) is 23.9 Å². The van der Waals surface area contributed by atoms with E-state index in [2.05, 4.69) is 6.92 Å². The summed E-state index contributed by atoms with van der Waals surface area (Å²) >= 11 is 0. The molecule has 0 aromatic carbocycles. The SMILES string of the molecule is CCC1CCCCN1C(=O)c1cc(S(=O)(=O)N2CCCC2)cn1C. The number of carbonyl (C=O) groups is 1. The number of amides is 1. The molecule has 0 bridgehead atoms. The van der Waals surface area contributed by atoms with Gasteiger partial charge in [0, 0.05) is 38.9 Å². The van der Waals surface area contributed by atoms with Gasteiger partial charge in [0.05, 0.1) is 0 Å². The molecule has 0 N–H and O–H groups in total. The van der Waals surface area contributed by atoms with Crippen LogP contribution in [-0.4, -0.2) is 53.8 Å². The predicted molar refractivity (Wildman–Crippen MR) is 92.4 cm³/mol. The molecule has 0 radical (unpaired) electrons. The molecule has 2 aliphatic heterocycles. The third-order valence-electron chi connectivity index (χ3n) is 5.26. The maximum atomic E-state index is 12.9. The zero-order chi connectivity index (χ0) is 17.3. The van der Waals surface area contributed by atoms with Crippen molar-refractivity contribution >= 4 is 15.9 Å². The number of aromatic nitrogens is 1. The Kier molecular flexibility index (Phi) is 5.01. The molecule has 134 valence electrons. The molecule has 2 fully saturated rings. The fraction of sp³-hybridized carbons (Fsp3) is 0.706. The van der Waals surface area contributed by atoms with Gasteiger partial charge in [0.25, 0.3) is 5.91 Å². The lowest BCUT2D eigenvalue weighted by Crippen LogP contribution is -2.43. The van der Waals surface area contributed by atoms with E-state index in [0.29, 0.717) is 18.8 Å². The molecular formula is C17H27N3O3S. The van der Waals surface area contributed by atoms with Gasteiger partial charge in [0.1, 0.15) is 10.6 Å². The third kappa shape index (κ3) is 3.11. The Morgan fingerprint density at radius 2 is 1.83 bits per heavy atom. The number of hydrogen-bond acceptors (Lipinski definition) is 3. The molecular weight excluding hydrogens is 326 g/mol. The maximum Gasteiger partial charge on any atom is 0.270 e. The van der Waals surface area contributed by atoms with Crippen LogP contribution in [0.2, 0.25) is 0 Å². The Balaban J connectivity index is 1.87. The molecule has 1 atom stereocenters. The summed E-state index contributed by atoms with van der Waals surface area (Å²) < 4.78 is 28.6. The minimum atomic E-state index is -3.48. The van der Waals surface area contributed by atoms with Crippen LogP contribution in [0.5, 0.6) is 0 Å². The summed E-state index contributed by atoms with van der Waals surface area (Å²) in [6.45, 7) is 4.01. The quantitative estimate of drug-likeness (QED) is 0.834. The second-order valence-corrected chi connectivity index (χ2v) is 8.78. The first kappa shape index (κ1) is 17.5. The zero-order valence-corrected chi connectivity index (χ0v) is 15.4. The number of hydrogen-bond donors (Lipinski definition) is 0. The number of carbonyl (C=O) groups excluding carboxylic acids is 1. The molecule has 3 rings (SSSR count). The summed E-state index contributed by atoms with van der Waals surface area (Å²) in [6.07, 6.45) is 7.54. The molecule has 6 nitrogen and oxygen atoms in total. The number of likely N-dealkylation sites (tertiary alicyclic amines) is 1. The smallest absolute Gasteiger partial charge is 0.270 e. The number of aryl methyl sites for hydroxylation is 1. The van der Waals surface area contributed by atoms with Crippen molar-refractivity contribution in [3.63, 3.8) is 0 Å². The second-order valence-electron chi connectivity index (χ2n) is 6.84. The van der Waals surface area contributed by atoms with E-state index in [1.807, 2.05) is 4.90 Å². The monoisotopic (exact) mass is 353 g/mol. The van der Waals surface area contributed by atoms with Gasteiger partial charge < -0.3 is 9.47 Å². The van der Waals surface area contributed by atoms with Crippen molar-refractivity contribution in [3.05, 3.63) is 18.0 Å². The van der Waals surface area contributed by atoms with Crippen molar-refractivity contribution in [2.75, 3.05) is 19.6 Å². The molecule has 1 aromatic heterocycles. The summed E-state index contributed by atoms with van der Waals surface area (Å²) in [5.74, 6) is -0.0491. The van der Waals surface area contributed by atoms with Crippen LogP contribution in [0.3, 0.4) is 0 Å². The Labute approximate surface area is 144 Å². The van der Waals surface area contributed by atoms with E-state index < -0.39 is 10.0 Å². The molecule has 0 spiro atoms. The molecule has 2 aliphatic rings. The van der Waals surface area contributed by atoms with Crippen molar-refractivity contribution in [2.24, 2.45) is 7.05 Å². The molecule has 1 amide bonds. The van der Waals surface area contributed by atoms with Crippen LogP contribution in [0.1, 0.15) is 55.9 Å². The average molecular weight is 353 g/mol. The number of piperidine rings is 1. The van der Waals surface area contributed by atoms with Crippen LogP contribution >= 0.6 is 0 Å². The Bertz CT molecular complexity index is 705. The summed E-state index contributed by atoms with van der Waals surface area (Å²) in [7, 11) is -1.73. The van der Waals surface area contributed by atoms with Gasteiger partial charge in [-0.1, -0.05) is 6.92 Å². The molecule has 1 unspecified atom stereocenters. The normalized spacial score (nSPS) is 22.9. The van der Waals surface area contributed by atoms with Gasteiger partial charge in [-0.15, -0.1) is 0 Å². The van der Waals surface area contributed by atoms with E-state index >= 15 is 0 Å². The lowest BCUT2D eigenvalue weighted by atomic mass is 9.99. The topological polar surface area (TPSA) is 62.6 Å². The fourth-order valence-corrected chi connectivity index (χ4v) is 5.39. The van der Waals surface area contributed by atoms with Crippen LogP contribution in [-0.2, 0) is 17.1 Å². The maximum absolute atomic E-state index is 12.9. The zero-order valence-electron chi connectivity index (χ0n) is 14.6. The minimum absolute atomic E-state index is 0.0491. The van der Waals surface area contributed by atoms with Gasteiger partial charge in [-0.05, 0) is 44.6 Å². The number of rotatable bonds is 4. The molecule has 1 aromatic rings. The van der Waals surface area contributed by atoms with Crippen molar-refractivity contribution in [1.82, 2.24) is 13.8 Å². The minimum Gasteiger partial charge on any atom is -0.345 e.